The van der Waals surface area contributed by atoms with Crippen molar-refractivity contribution >= 4 is 23.5 Å². The second-order valence-corrected chi connectivity index (χ2v) is 6.10. The summed E-state index contributed by atoms with van der Waals surface area (Å²) in [4.78, 5) is 28.3. The average molecular weight is 324 g/mol. The highest BCUT2D eigenvalue weighted by atomic mass is 35.5. The highest BCUT2D eigenvalue weighted by molar-refractivity contribution is 6.30. The van der Waals surface area contributed by atoms with E-state index in [0.717, 1.165) is 5.56 Å². The molecule has 1 atom stereocenters. The van der Waals surface area contributed by atoms with Crippen LogP contribution in [-0.4, -0.2) is 54.7 Å². The SMILES string of the molecule is C[C@]1(c2ccc(Cl)cc2)NC(=O)N(CN2CCOCC2)C1=O. The summed E-state index contributed by atoms with van der Waals surface area (Å²) in [6.07, 6.45) is 0. The van der Waals surface area contributed by atoms with E-state index in [9.17, 15) is 9.59 Å². The highest BCUT2D eigenvalue weighted by Crippen LogP contribution is 2.29. The lowest BCUT2D eigenvalue weighted by Crippen LogP contribution is -2.47. The van der Waals surface area contributed by atoms with Crippen LogP contribution in [0.5, 0.6) is 0 Å². The van der Waals surface area contributed by atoms with Crippen LogP contribution in [0.3, 0.4) is 0 Å². The molecule has 0 bridgehead atoms. The lowest BCUT2D eigenvalue weighted by atomic mass is 9.92. The van der Waals surface area contributed by atoms with Gasteiger partial charge in [-0.2, -0.15) is 0 Å². The molecule has 2 fully saturated rings. The van der Waals surface area contributed by atoms with Crippen LogP contribution in [0.2, 0.25) is 5.02 Å². The van der Waals surface area contributed by atoms with E-state index in [4.69, 9.17) is 16.3 Å². The summed E-state index contributed by atoms with van der Waals surface area (Å²) in [5.74, 6) is -0.244. The van der Waals surface area contributed by atoms with Gasteiger partial charge in [0.25, 0.3) is 5.91 Å². The topological polar surface area (TPSA) is 61.9 Å². The van der Waals surface area contributed by atoms with Crippen LogP contribution in [0, 0.1) is 0 Å². The Bertz CT molecular complexity index is 586. The molecule has 2 aliphatic heterocycles. The minimum Gasteiger partial charge on any atom is -0.379 e. The molecule has 1 aromatic carbocycles. The summed E-state index contributed by atoms with van der Waals surface area (Å²) in [7, 11) is 0. The first kappa shape index (κ1) is 15.3. The predicted octanol–water partition coefficient (Wildman–Crippen LogP) is 1.40. The third-order valence-corrected chi connectivity index (χ3v) is 4.39. The van der Waals surface area contributed by atoms with E-state index in [1.165, 1.54) is 4.90 Å². The quantitative estimate of drug-likeness (QED) is 0.854. The maximum Gasteiger partial charge on any atom is 0.326 e. The van der Waals surface area contributed by atoms with Crippen LogP contribution >= 0.6 is 11.6 Å². The van der Waals surface area contributed by atoms with Crippen molar-refractivity contribution in [1.29, 1.82) is 0 Å². The molecule has 0 aliphatic carbocycles. The van der Waals surface area contributed by atoms with E-state index in [1.54, 1.807) is 31.2 Å². The van der Waals surface area contributed by atoms with Crippen molar-refractivity contribution in [2.24, 2.45) is 0 Å². The number of morpholine rings is 1. The first-order chi connectivity index (χ1) is 10.5. The fourth-order valence-electron chi connectivity index (χ4n) is 2.75. The van der Waals surface area contributed by atoms with Crippen LogP contribution < -0.4 is 5.32 Å². The Morgan fingerprint density at radius 1 is 1.23 bits per heavy atom. The van der Waals surface area contributed by atoms with Gasteiger partial charge in [-0.1, -0.05) is 23.7 Å². The van der Waals surface area contributed by atoms with Crippen LogP contribution in [-0.2, 0) is 15.1 Å². The van der Waals surface area contributed by atoms with Crippen molar-refractivity contribution in [3.8, 4) is 0 Å². The second kappa shape index (κ2) is 5.87. The van der Waals surface area contributed by atoms with Gasteiger partial charge >= 0.3 is 6.03 Å². The first-order valence-electron chi connectivity index (χ1n) is 7.21. The Morgan fingerprint density at radius 2 is 1.86 bits per heavy atom. The molecule has 2 heterocycles. The van der Waals surface area contributed by atoms with E-state index < -0.39 is 5.54 Å². The van der Waals surface area contributed by atoms with E-state index in [0.29, 0.717) is 31.3 Å². The number of urea groups is 1. The van der Waals surface area contributed by atoms with Gasteiger partial charge in [0, 0.05) is 18.1 Å². The van der Waals surface area contributed by atoms with Crippen LogP contribution in [0.25, 0.3) is 0 Å². The van der Waals surface area contributed by atoms with Gasteiger partial charge in [-0.25, -0.2) is 9.69 Å². The number of carbonyl (C=O) groups is 2. The summed E-state index contributed by atoms with van der Waals surface area (Å²) < 4.78 is 5.28. The van der Waals surface area contributed by atoms with Gasteiger partial charge in [-0.05, 0) is 24.6 Å². The molecule has 0 unspecified atom stereocenters. The number of nitrogens with one attached hydrogen (secondary N) is 1. The molecule has 22 heavy (non-hydrogen) atoms. The fourth-order valence-corrected chi connectivity index (χ4v) is 2.87. The van der Waals surface area contributed by atoms with Crippen molar-refractivity contribution in [3.05, 3.63) is 34.9 Å². The van der Waals surface area contributed by atoms with Gasteiger partial charge in [0.05, 0.1) is 19.9 Å². The molecule has 1 N–H and O–H groups in total. The summed E-state index contributed by atoms with van der Waals surface area (Å²) in [5.41, 5.74) is -0.326. The standard InChI is InChI=1S/C15H18ClN3O3/c1-15(11-2-4-12(16)5-3-11)13(20)19(14(21)17-15)10-18-6-8-22-9-7-18/h2-5H,6-10H2,1H3,(H,17,21)/t15-/m1/s1. The molecule has 6 nitrogen and oxygen atoms in total. The third kappa shape index (κ3) is 2.69. The van der Waals surface area contributed by atoms with Crippen molar-refractivity contribution < 1.29 is 14.3 Å². The van der Waals surface area contributed by atoms with Gasteiger partial charge < -0.3 is 10.1 Å². The minimum atomic E-state index is -1.05. The molecule has 7 heteroatoms. The van der Waals surface area contributed by atoms with Crippen molar-refractivity contribution in [2.45, 2.75) is 12.5 Å². The van der Waals surface area contributed by atoms with Crippen molar-refractivity contribution in [1.82, 2.24) is 15.1 Å². The van der Waals surface area contributed by atoms with E-state index >= 15 is 0 Å². The lowest BCUT2D eigenvalue weighted by molar-refractivity contribution is -0.133. The van der Waals surface area contributed by atoms with E-state index in [2.05, 4.69) is 5.32 Å². The molecule has 0 radical (unpaired) electrons. The average Bonchev–Trinajstić information content (AvgIpc) is 2.73. The van der Waals surface area contributed by atoms with E-state index in [-0.39, 0.29) is 18.6 Å². The van der Waals surface area contributed by atoms with Gasteiger partial charge in [-0.3, -0.25) is 9.69 Å². The number of benzene rings is 1. The molecular weight excluding hydrogens is 306 g/mol. The predicted molar refractivity (Wildman–Crippen MR) is 81.4 cm³/mol. The summed E-state index contributed by atoms with van der Waals surface area (Å²) in [6, 6.07) is 6.59. The largest absolute Gasteiger partial charge is 0.379 e. The molecule has 0 aromatic heterocycles. The van der Waals surface area contributed by atoms with Crippen molar-refractivity contribution in [3.63, 3.8) is 0 Å². The Hall–Kier alpha value is -1.63. The van der Waals surface area contributed by atoms with Crippen molar-refractivity contribution in [2.75, 3.05) is 33.0 Å². The molecule has 0 spiro atoms. The number of imide groups is 1. The maximum atomic E-state index is 12.7. The Morgan fingerprint density at radius 3 is 2.50 bits per heavy atom. The zero-order valence-corrected chi connectivity index (χ0v) is 13.1. The number of amides is 3. The number of hydrogen-bond donors (Lipinski definition) is 1. The molecule has 2 aliphatic rings. The van der Waals surface area contributed by atoms with Crippen LogP contribution in [0.4, 0.5) is 4.79 Å². The smallest absolute Gasteiger partial charge is 0.326 e. The first-order valence-corrected chi connectivity index (χ1v) is 7.59. The fraction of sp³-hybridized carbons (Fsp3) is 0.467. The molecule has 118 valence electrons. The van der Waals surface area contributed by atoms with Gasteiger partial charge in [0.15, 0.2) is 0 Å². The summed E-state index contributed by atoms with van der Waals surface area (Å²) >= 11 is 5.89. The van der Waals surface area contributed by atoms with Gasteiger partial charge in [0.1, 0.15) is 5.54 Å². The number of ether oxygens (including phenoxy) is 1. The minimum absolute atomic E-state index is 0.244. The Labute approximate surface area is 134 Å². The molecule has 3 rings (SSSR count). The van der Waals surface area contributed by atoms with Crippen LogP contribution in [0.15, 0.2) is 24.3 Å². The summed E-state index contributed by atoms with van der Waals surface area (Å²) in [6.45, 7) is 4.69. The molecule has 1 aromatic rings. The number of halogens is 1. The zero-order chi connectivity index (χ0) is 15.7. The Kier molecular flexibility index (Phi) is 4.08. The number of nitrogens with zero attached hydrogens (tertiary/aromatic N) is 2. The van der Waals surface area contributed by atoms with Gasteiger partial charge in [0.2, 0.25) is 0 Å². The maximum absolute atomic E-state index is 12.7. The molecule has 0 saturated carbocycles. The van der Waals surface area contributed by atoms with Crippen LogP contribution in [0.1, 0.15) is 12.5 Å². The Balaban J connectivity index is 1.79. The summed E-state index contributed by atoms with van der Waals surface area (Å²) in [5, 5.41) is 3.38. The second-order valence-electron chi connectivity index (χ2n) is 5.67. The van der Waals surface area contributed by atoms with E-state index in [1.807, 2.05) is 4.90 Å². The van der Waals surface area contributed by atoms with Gasteiger partial charge in [-0.15, -0.1) is 0 Å². The highest BCUT2D eigenvalue weighted by Gasteiger charge is 2.49. The monoisotopic (exact) mass is 323 g/mol. The molecule has 3 amide bonds. The lowest BCUT2D eigenvalue weighted by Gasteiger charge is -2.30. The zero-order valence-electron chi connectivity index (χ0n) is 12.3. The normalized spacial score (nSPS) is 26.4. The molecule has 2 saturated heterocycles. The number of rotatable bonds is 3. The third-order valence-electron chi connectivity index (χ3n) is 4.14. The number of carbonyl (C=O) groups excluding carboxylic acids is 2. The molecular formula is C15H18ClN3O3. The number of hydrogen-bond acceptors (Lipinski definition) is 4.